The summed E-state index contributed by atoms with van der Waals surface area (Å²) in [4.78, 5) is 0. The van der Waals surface area contributed by atoms with Gasteiger partial charge in [-0.2, -0.15) is 0 Å². The van der Waals surface area contributed by atoms with Gasteiger partial charge in [0.05, 0.1) is 12.7 Å². The molecule has 23 heavy (non-hydrogen) atoms. The Balaban J connectivity index is 2.07. The number of aliphatic hydroxyl groups is 2. The largest absolute Gasteiger partial charge is 0.396 e. The van der Waals surface area contributed by atoms with Gasteiger partial charge in [0.1, 0.15) is 0 Å². The first-order valence-corrected chi connectivity index (χ1v) is 9.30. The van der Waals surface area contributed by atoms with E-state index in [0.717, 1.165) is 32.1 Å². The maximum absolute atomic E-state index is 10.6. The van der Waals surface area contributed by atoms with Crippen molar-refractivity contribution in [2.24, 2.45) is 27.6 Å². The highest BCUT2D eigenvalue weighted by atomic mass is 16.3. The SMILES string of the molecule is C=CC1(C)C=C2CCC3C(C)(CO)C(O)CCC3(C)C2(C)CC1. The van der Waals surface area contributed by atoms with Crippen molar-refractivity contribution in [2.45, 2.75) is 72.3 Å². The number of fused-ring (bicyclic) bond motifs is 3. The lowest BCUT2D eigenvalue weighted by Gasteiger charge is -2.65. The predicted molar refractivity (Wildman–Crippen MR) is 95.0 cm³/mol. The van der Waals surface area contributed by atoms with Crippen LogP contribution in [-0.4, -0.2) is 22.9 Å². The van der Waals surface area contributed by atoms with Gasteiger partial charge in [0.2, 0.25) is 0 Å². The van der Waals surface area contributed by atoms with Crippen molar-refractivity contribution in [3.05, 3.63) is 24.3 Å². The normalized spacial score (nSPS) is 53.0. The first-order valence-electron chi connectivity index (χ1n) is 9.30. The van der Waals surface area contributed by atoms with Crippen LogP contribution in [0.4, 0.5) is 0 Å². The highest BCUT2D eigenvalue weighted by Gasteiger charge is 2.62. The fourth-order valence-electron chi connectivity index (χ4n) is 6.20. The Morgan fingerprint density at radius 3 is 2.48 bits per heavy atom. The molecule has 0 radical (unpaired) electrons. The third-order valence-corrected chi connectivity index (χ3v) is 8.41. The second-order valence-corrected chi connectivity index (χ2v) is 9.44. The van der Waals surface area contributed by atoms with Gasteiger partial charge in [-0.15, -0.1) is 6.58 Å². The van der Waals surface area contributed by atoms with Crippen LogP contribution in [0.3, 0.4) is 0 Å². The molecule has 0 aromatic carbocycles. The van der Waals surface area contributed by atoms with Crippen LogP contribution in [0, 0.1) is 27.6 Å². The average Bonchev–Trinajstić information content (AvgIpc) is 2.53. The molecule has 130 valence electrons. The molecule has 2 heteroatoms. The summed E-state index contributed by atoms with van der Waals surface area (Å²) < 4.78 is 0. The summed E-state index contributed by atoms with van der Waals surface area (Å²) in [5.41, 5.74) is 1.72. The van der Waals surface area contributed by atoms with Crippen molar-refractivity contribution in [1.82, 2.24) is 0 Å². The highest BCUT2D eigenvalue weighted by molar-refractivity contribution is 5.31. The molecule has 0 aliphatic heterocycles. The molecule has 0 amide bonds. The van der Waals surface area contributed by atoms with Crippen molar-refractivity contribution >= 4 is 0 Å². The lowest BCUT2D eigenvalue weighted by atomic mass is 9.39. The van der Waals surface area contributed by atoms with Crippen LogP contribution in [0.15, 0.2) is 24.3 Å². The van der Waals surface area contributed by atoms with E-state index in [1.807, 2.05) is 0 Å². The highest BCUT2D eigenvalue weighted by Crippen LogP contribution is 2.69. The molecule has 0 aromatic rings. The van der Waals surface area contributed by atoms with E-state index in [1.54, 1.807) is 5.57 Å². The molecule has 0 heterocycles. The first kappa shape index (κ1) is 17.2. The molecule has 6 unspecified atom stereocenters. The second-order valence-electron chi connectivity index (χ2n) is 9.44. The van der Waals surface area contributed by atoms with Crippen LogP contribution < -0.4 is 0 Å². The summed E-state index contributed by atoms with van der Waals surface area (Å²) in [6.45, 7) is 13.4. The molecular weight excluding hydrogens is 284 g/mol. The monoisotopic (exact) mass is 318 g/mol. The molecule has 2 N–H and O–H groups in total. The first-order chi connectivity index (χ1) is 10.7. The summed E-state index contributed by atoms with van der Waals surface area (Å²) in [5, 5.41) is 20.7. The minimum absolute atomic E-state index is 0.0912. The Kier molecular flexibility index (Phi) is 3.89. The molecule has 3 aliphatic carbocycles. The summed E-state index contributed by atoms with van der Waals surface area (Å²) in [6.07, 6.45) is 10.6. The zero-order valence-corrected chi connectivity index (χ0v) is 15.4. The molecule has 0 bridgehead atoms. The molecule has 2 nitrogen and oxygen atoms in total. The summed E-state index contributed by atoms with van der Waals surface area (Å²) in [7, 11) is 0. The van der Waals surface area contributed by atoms with Crippen molar-refractivity contribution in [3.63, 3.8) is 0 Å². The van der Waals surface area contributed by atoms with Crippen LogP contribution in [0.2, 0.25) is 0 Å². The smallest absolute Gasteiger partial charge is 0.0618 e. The van der Waals surface area contributed by atoms with Gasteiger partial charge in [0, 0.05) is 10.8 Å². The van der Waals surface area contributed by atoms with Gasteiger partial charge in [-0.25, -0.2) is 0 Å². The third kappa shape index (κ3) is 2.14. The molecule has 0 saturated heterocycles. The van der Waals surface area contributed by atoms with E-state index >= 15 is 0 Å². The van der Waals surface area contributed by atoms with Crippen molar-refractivity contribution < 1.29 is 10.2 Å². The number of allylic oxidation sites excluding steroid dienone is 3. The van der Waals surface area contributed by atoms with E-state index in [0.29, 0.717) is 5.92 Å². The topological polar surface area (TPSA) is 40.5 Å². The van der Waals surface area contributed by atoms with E-state index < -0.39 is 0 Å². The van der Waals surface area contributed by atoms with Gasteiger partial charge in [-0.05, 0) is 55.3 Å². The Labute approximate surface area is 141 Å². The maximum atomic E-state index is 10.6. The lowest BCUT2D eigenvalue weighted by molar-refractivity contribution is -0.176. The summed E-state index contributed by atoms with van der Waals surface area (Å²) >= 11 is 0. The molecule has 6 atom stereocenters. The maximum Gasteiger partial charge on any atom is 0.0618 e. The van der Waals surface area contributed by atoms with E-state index in [-0.39, 0.29) is 34.4 Å². The van der Waals surface area contributed by atoms with Crippen LogP contribution in [0.1, 0.15) is 66.2 Å². The average molecular weight is 319 g/mol. The quantitative estimate of drug-likeness (QED) is 0.737. The van der Waals surface area contributed by atoms with Gasteiger partial charge >= 0.3 is 0 Å². The van der Waals surface area contributed by atoms with Gasteiger partial charge in [0.15, 0.2) is 0 Å². The molecule has 2 saturated carbocycles. The van der Waals surface area contributed by atoms with Crippen LogP contribution >= 0.6 is 0 Å². The fraction of sp³-hybridized carbons (Fsp3) is 0.810. The minimum atomic E-state index is -0.373. The van der Waals surface area contributed by atoms with E-state index in [1.165, 1.54) is 6.42 Å². The van der Waals surface area contributed by atoms with Crippen molar-refractivity contribution in [3.8, 4) is 0 Å². The molecule has 2 fully saturated rings. The van der Waals surface area contributed by atoms with Crippen molar-refractivity contribution in [1.29, 1.82) is 0 Å². The van der Waals surface area contributed by atoms with Crippen molar-refractivity contribution in [2.75, 3.05) is 6.61 Å². The lowest BCUT2D eigenvalue weighted by Crippen LogP contribution is -2.61. The Morgan fingerprint density at radius 2 is 1.87 bits per heavy atom. The van der Waals surface area contributed by atoms with E-state index in [4.69, 9.17) is 0 Å². The minimum Gasteiger partial charge on any atom is -0.396 e. The molecule has 0 aromatic heterocycles. The van der Waals surface area contributed by atoms with E-state index in [2.05, 4.69) is 46.4 Å². The second kappa shape index (κ2) is 5.20. The molecular formula is C21H34O2. The Bertz CT molecular complexity index is 538. The van der Waals surface area contributed by atoms with Gasteiger partial charge in [-0.1, -0.05) is 45.4 Å². The molecule has 3 rings (SSSR count). The van der Waals surface area contributed by atoms with Gasteiger partial charge in [-0.3, -0.25) is 0 Å². The van der Waals surface area contributed by atoms with Crippen LogP contribution in [0.5, 0.6) is 0 Å². The number of rotatable bonds is 2. The van der Waals surface area contributed by atoms with Crippen LogP contribution in [0.25, 0.3) is 0 Å². The molecule has 0 spiro atoms. The van der Waals surface area contributed by atoms with Gasteiger partial charge < -0.3 is 10.2 Å². The Hall–Kier alpha value is -0.600. The third-order valence-electron chi connectivity index (χ3n) is 8.41. The van der Waals surface area contributed by atoms with E-state index in [9.17, 15) is 10.2 Å². The predicted octanol–water partition coefficient (Wildman–Crippen LogP) is 4.47. The standard InChI is InChI=1S/C21H34O2/c1-6-18(2)11-12-20(4)15(13-18)7-8-16-19(3,14-22)17(23)9-10-21(16,20)5/h6,13,16-17,22-23H,1,7-12,14H2,2-5H3. The number of hydrogen-bond donors (Lipinski definition) is 2. The zero-order valence-electron chi connectivity index (χ0n) is 15.4. The molecule has 3 aliphatic rings. The van der Waals surface area contributed by atoms with Gasteiger partial charge in [0.25, 0.3) is 0 Å². The number of aliphatic hydroxyl groups excluding tert-OH is 2. The Morgan fingerprint density at radius 1 is 1.17 bits per heavy atom. The fourth-order valence-corrected chi connectivity index (χ4v) is 6.20. The zero-order chi connectivity index (χ0) is 17.1. The summed E-state index contributed by atoms with van der Waals surface area (Å²) in [5.74, 6) is 0.388. The van der Waals surface area contributed by atoms with Crippen LogP contribution in [-0.2, 0) is 0 Å². The number of hydrogen-bond acceptors (Lipinski definition) is 2. The summed E-state index contributed by atoms with van der Waals surface area (Å²) in [6, 6.07) is 0.